The molecule has 31 heavy (non-hydrogen) atoms. The molecule has 0 saturated heterocycles. The van der Waals surface area contributed by atoms with Crippen LogP contribution in [-0.4, -0.2) is 51.2 Å². The van der Waals surface area contributed by atoms with Crippen LogP contribution in [0.2, 0.25) is 20.1 Å². The second-order valence-electron chi connectivity index (χ2n) is 7.53. The van der Waals surface area contributed by atoms with Crippen molar-refractivity contribution in [2.24, 2.45) is 0 Å². The average Bonchev–Trinajstić information content (AvgIpc) is 2.71. The third-order valence-corrected chi connectivity index (χ3v) is 6.21. The van der Waals surface area contributed by atoms with Crippen molar-refractivity contribution in [3.63, 3.8) is 0 Å². The number of benzene rings is 2. The molecule has 0 spiro atoms. The number of nitrogens with zero attached hydrogens (tertiary/aromatic N) is 1. The summed E-state index contributed by atoms with van der Waals surface area (Å²) in [5.74, 6) is 0.0793. The SMILES string of the molecule is CN(C)CCCNCCC(CNC(=O)Nc1ccc(Cl)c(Cl)c1)c1ccc(Cl)c(Cl)c1. The highest BCUT2D eigenvalue weighted by molar-refractivity contribution is 6.42. The molecule has 0 radical (unpaired) electrons. The standard InChI is InChI=1S/C22H28Cl4N4O/c1-30(2)11-3-9-27-10-8-16(15-4-6-18(23)20(25)12-15)14-28-22(31)29-17-5-7-19(24)21(26)13-17/h4-7,12-13,16,27H,3,8-11,14H2,1-2H3,(H2,28,29,31). The lowest BCUT2D eigenvalue weighted by Crippen LogP contribution is -2.33. The quantitative estimate of drug-likeness (QED) is 0.321. The summed E-state index contributed by atoms with van der Waals surface area (Å²) in [6.07, 6.45) is 1.92. The Hall–Kier alpha value is -1.21. The third kappa shape index (κ3) is 9.44. The minimum absolute atomic E-state index is 0.0793. The number of nitrogens with one attached hydrogen (secondary N) is 3. The molecule has 2 amide bonds. The van der Waals surface area contributed by atoms with Crippen molar-refractivity contribution in [3.8, 4) is 0 Å². The number of hydrogen-bond donors (Lipinski definition) is 3. The van der Waals surface area contributed by atoms with E-state index in [1.165, 1.54) is 0 Å². The minimum atomic E-state index is -0.317. The summed E-state index contributed by atoms with van der Waals surface area (Å²) in [5, 5.41) is 11.0. The van der Waals surface area contributed by atoms with Crippen molar-refractivity contribution in [1.29, 1.82) is 0 Å². The monoisotopic (exact) mass is 504 g/mol. The fourth-order valence-electron chi connectivity index (χ4n) is 3.04. The normalized spacial score (nSPS) is 12.1. The van der Waals surface area contributed by atoms with Crippen molar-refractivity contribution < 1.29 is 4.79 Å². The topological polar surface area (TPSA) is 56.4 Å². The van der Waals surface area contributed by atoms with Gasteiger partial charge in [-0.2, -0.15) is 0 Å². The van der Waals surface area contributed by atoms with Gasteiger partial charge in [-0.15, -0.1) is 0 Å². The van der Waals surface area contributed by atoms with Gasteiger partial charge in [0.15, 0.2) is 0 Å². The summed E-state index contributed by atoms with van der Waals surface area (Å²) in [6, 6.07) is 10.2. The van der Waals surface area contributed by atoms with Crippen LogP contribution in [0.1, 0.15) is 24.3 Å². The molecule has 2 rings (SSSR count). The number of amides is 2. The van der Waals surface area contributed by atoms with Gasteiger partial charge in [0.1, 0.15) is 0 Å². The van der Waals surface area contributed by atoms with Crippen molar-refractivity contribution in [1.82, 2.24) is 15.5 Å². The Kier molecular flexibility index (Phi) is 11.2. The van der Waals surface area contributed by atoms with Gasteiger partial charge in [-0.1, -0.05) is 52.5 Å². The van der Waals surface area contributed by atoms with Crippen molar-refractivity contribution in [2.45, 2.75) is 18.8 Å². The summed E-state index contributed by atoms with van der Waals surface area (Å²) in [6.45, 7) is 3.26. The molecule has 0 aliphatic rings. The highest BCUT2D eigenvalue weighted by Gasteiger charge is 2.15. The summed E-state index contributed by atoms with van der Waals surface area (Å²) >= 11 is 24.2. The molecule has 0 bridgehead atoms. The maximum atomic E-state index is 12.4. The summed E-state index contributed by atoms with van der Waals surface area (Å²) < 4.78 is 0. The highest BCUT2D eigenvalue weighted by Crippen LogP contribution is 2.28. The van der Waals surface area contributed by atoms with E-state index in [1.807, 2.05) is 12.1 Å². The smallest absolute Gasteiger partial charge is 0.319 e. The van der Waals surface area contributed by atoms with Gasteiger partial charge in [-0.3, -0.25) is 0 Å². The Morgan fingerprint density at radius 2 is 1.61 bits per heavy atom. The lowest BCUT2D eigenvalue weighted by atomic mass is 9.95. The molecule has 0 fully saturated rings. The largest absolute Gasteiger partial charge is 0.337 e. The average molecular weight is 506 g/mol. The fourth-order valence-corrected chi connectivity index (χ4v) is 3.64. The predicted octanol–water partition coefficient (Wildman–Crippen LogP) is 6.14. The number of halogens is 4. The first kappa shape index (κ1) is 26.0. The van der Waals surface area contributed by atoms with E-state index in [9.17, 15) is 4.79 Å². The lowest BCUT2D eigenvalue weighted by molar-refractivity contribution is 0.251. The highest BCUT2D eigenvalue weighted by atomic mass is 35.5. The second kappa shape index (κ2) is 13.4. The molecule has 2 aromatic carbocycles. The van der Waals surface area contributed by atoms with E-state index in [-0.39, 0.29) is 11.9 Å². The van der Waals surface area contributed by atoms with Gasteiger partial charge in [0, 0.05) is 18.2 Å². The number of anilines is 1. The molecule has 0 aliphatic carbocycles. The minimum Gasteiger partial charge on any atom is -0.337 e. The number of hydrogen-bond acceptors (Lipinski definition) is 3. The van der Waals surface area contributed by atoms with E-state index in [0.717, 1.165) is 38.0 Å². The zero-order valence-corrected chi connectivity index (χ0v) is 20.7. The van der Waals surface area contributed by atoms with Gasteiger partial charge in [0.25, 0.3) is 0 Å². The molecule has 0 aliphatic heterocycles. The molecule has 2 aromatic rings. The number of carbonyl (C=O) groups is 1. The van der Waals surface area contributed by atoms with Gasteiger partial charge < -0.3 is 20.9 Å². The van der Waals surface area contributed by atoms with E-state index in [4.69, 9.17) is 46.4 Å². The van der Waals surface area contributed by atoms with Crippen molar-refractivity contribution in [3.05, 3.63) is 62.1 Å². The Morgan fingerprint density at radius 1 is 0.935 bits per heavy atom. The second-order valence-corrected chi connectivity index (χ2v) is 9.16. The van der Waals surface area contributed by atoms with Gasteiger partial charge >= 0.3 is 6.03 Å². The summed E-state index contributed by atoms with van der Waals surface area (Å²) in [5.41, 5.74) is 1.60. The van der Waals surface area contributed by atoms with Crippen LogP contribution < -0.4 is 16.0 Å². The number of carbonyl (C=O) groups excluding carboxylic acids is 1. The number of urea groups is 1. The Labute approximate surface area is 204 Å². The first-order valence-electron chi connectivity index (χ1n) is 10.1. The van der Waals surface area contributed by atoms with E-state index < -0.39 is 0 Å². The van der Waals surface area contributed by atoms with Crippen LogP contribution in [-0.2, 0) is 0 Å². The zero-order valence-electron chi connectivity index (χ0n) is 17.7. The predicted molar refractivity (Wildman–Crippen MR) is 133 cm³/mol. The van der Waals surface area contributed by atoms with Gasteiger partial charge in [-0.05, 0) is 82.5 Å². The van der Waals surface area contributed by atoms with Gasteiger partial charge in [-0.25, -0.2) is 4.79 Å². The van der Waals surface area contributed by atoms with Crippen LogP contribution in [0.15, 0.2) is 36.4 Å². The van der Waals surface area contributed by atoms with E-state index in [0.29, 0.717) is 32.3 Å². The van der Waals surface area contributed by atoms with E-state index in [1.54, 1.807) is 24.3 Å². The van der Waals surface area contributed by atoms with Crippen LogP contribution in [0.4, 0.5) is 10.5 Å². The van der Waals surface area contributed by atoms with Crippen LogP contribution in [0.3, 0.4) is 0 Å². The molecule has 5 nitrogen and oxygen atoms in total. The van der Waals surface area contributed by atoms with E-state index >= 15 is 0 Å². The molecule has 0 heterocycles. The van der Waals surface area contributed by atoms with Crippen molar-refractivity contribution >= 4 is 58.1 Å². The summed E-state index contributed by atoms with van der Waals surface area (Å²) in [7, 11) is 4.13. The van der Waals surface area contributed by atoms with Gasteiger partial charge in [0.2, 0.25) is 0 Å². The third-order valence-electron chi connectivity index (χ3n) is 4.73. The Morgan fingerprint density at radius 3 is 2.26 bits per heavy atom. The summed E-state index contributed by atoms with van der Waals surface area (Å²) in [4.78, 5) is 14.5. The molecule has 9 heteroatoms. The molecule has 0 aromatic heterocycles. The molecule has 0 saturated carbocycles. The fraction of sp³-hybridized carbons (Fsp3) is 0.409. The van der Waals surface area contributed by atoms with Crippen LogP contribution in [0.25, 0.3) is 0 Å². The number of rotatable bonds is 11. The maximum absolute atomic E-state index is 12.4. The van der Waals surface area contributed by atoms with E-state index in [2.05, 4.69) is 34.9 Å². The molecule has 1 unspecified atom stereocenters. The Bertz CT molecular complexity index is 863. The van der Waals surface area contributed by atoms with Crippen LogP contribution in [0.5, 0.6) is 0 Å². The molecule has 170 valence electrons. The first-order valence-corrected chi connectivity index (χ1v) is 11.6. The lowest BCUT2D eigenvalue weighted by Gasteiger charge is -2.20. The molecular weight excluding hydrogens is 478 g/mol. The molecule has 3 N–H and O–H groups in total. The van der Waals surface area contributed by atoms with Gasteiger partial charge in [0.05, 0.1) is 20.1 Å². The maximum Gasteiger partial charge on any atom is 0.319 e. The van der Waals surface area contributed by atoms with Crippen molar-refractivity contribution in [2.75, 3.05) is 45.6 Å². The van der Waals surface area contributed by atoms with Crippen LogP contribution in [0, 0.1) is 0 Å². The molecular formula is C22H28Cl4N4O. The zero-order chi connectivity index (χ0) is 22.8. The Balaban J connectivity index is 1.93. The van der Waals surface area contributed by atoms with Crippen LogP contribution >= 0.6 is 46.4 Å². The first-order chi connectivity index (χ1) is 14.8. The molecule has 1 atom stereocenters.